The Bertz CT molecular complexity index is 1810. The number of carbonyl (C=O) groups excluding carboxylic acids is 2. The number of nitrogens with zero attached hydrogens (tertiary/aromatic N) is 4. The molecule has 0 spiro atoms. The lowest BCUT2D eigenvalue weighted by atomic mass is 10.0. The Morgan fingerprint density at radius 3 is 2.51 bits per heavy atom. The molecular formula is C27H20F3N5O4. The molecule has 4 aromatic heterocycles. The molecule has 39 heavy (non-hydrogen) atoms. The van der Waals surface area contributed by atoms with Crippen LogP contribution in [0.3, 0.4) is 0 Å². The van der Waals surface area contributed by atoms with E-state index in [1.54, 1.807) is 33.8 Å². The van der Waals surface area contributed by atoms with E-state index in [0.29, 0.717) is 55.3 Å². The molecule has 9 nitrogen and oxygen atoms in total. The maximum Gasteiger partial charge on any atom is 0.275 e. The fraction of sp³-hybridized carbons (Fsp3) is 0.185. The second-order valence-corrected chi connectivity index (χ2v) is 9.13. The van der Waals surface area contributed by atoms with Crippen LogP contribution in [0, 0.1) is 17.5 Å². The molecule has 1 N–H and O–H groups in total. The quantitative estimate of drug-likeness (QED) is 0.349. The maximum atomic E-state index is 14.2. The zero-order valence-electron chi connectivity index (χ0n) is 20.3. The zero-order valence-corrected chi connectivity index (χ0v) is 20.3. The molecule has 1 fully saturated rings. The van der Waals surface area contributed by atoms with Crippen molar-refractivity contribution < 1.29 is 27.5 Å². The SMILES string of the molecule is O=C(c1c(F)cc(F)cc1F)c1c[nH]c2c(=O)n(Cc3cn4ccc(C(=O)N5CCOCC5)cc4n3)ccc12. The number of hydrogen-bond acceptors (Lipinski definition) is 5. The van der Waals surface area contributed by atoms with Gasteiger partial charge in [0.25, 0.3) is 11.5 Å². The predicted molar refractivity (Wildman–Crippen MR) is 133 cm³/mol. The van der Waals surface area contributed by atoms with Gasteiger partial charge in [0.2, 0.25) is 5.78 Å². The fourth-order valence-corrected chi connectivity index (χ4v) is 4.73. The topological polar surface area (TPSA) is 102 Å². The summed E-state index contributed by atoms with van der Waals surface area (Å²) in [6.45, 7) is 2.13. The highest BCUT2D eigenvalue weighted by molar-refractivity contribution is 6.16. The Labute approximate surface area is 218 Å². The van der Waals surface area contributed by atoms with E-state index in [4.69, 9.17) is 4.74 Å². The van der Waals surface area contributed by atoms with Crippen LogP contribution in [-0.2, 0) is 11.3 Å². The van der Waals surface area contributed by atoms with E-state index in [1.165, 1.54) is 23.0 Å². The number of imidazole rings is 1. The number of benzene rings is 1. The molecule has 0 saturated carbocycles. The number of nitrogens with one attached hydrogen (secondary N) is 1. The first kappa shape index (κ1) is 24.6. The van der Waals surface area contributed by atoms with Gasteiger partial charge < -0.3 is 23.6 Å². The second-order valence-electron chi connectivity index (χ2n) is 9.13. The van der Waals surface area contributed by atoms with Gasteiger partial charge in [0, 0.05) is 66.5 Å². The molecule has 5 aromatic rings. The molecule has 0 atom stereocenters. The number of H-pyrrole nitrogens is 1. The summed E-state index contributed by atoms with van der Waals surface area (Å²) in [4.78, 5) is 47.8. The summed E-state index contributed by atoms with van der Waals surface area (Å²) in [5, 5.41) is 0.172. The van der Waals surface area contributed by atoms with Gasteiger partial charge in [-0.2, -0.15) is 0 Å². The lowest BCUT2D eigenvalue weighted by Crippen LogP contribution is -2.40. The molecule has 6 rings (SSSR count). The third-order valence-corrected chi connectivity index (χ3v) is 6.68. The van der Waals surface area contributed by atoms with E-state index in [-0.39, 0.29) is 28.9 Å². The van der Waals surface area contributed by atoms with Crippen molar-refractivity contribution in [1.82, 2.24) is 23.8 Å². The number of hydrogen-bond donors (Lipinski definition) is 1. The van der Waals surface area contributed by atoms with Crippen molar-refractivity contribution in [1.29, 1.82) is 0 Å². The Balaban J connectivity index is 1.28. The van der Waals surface area contributed by atoms with E-state index >= 15 is 0 Å². The summed E-state index contributed by atoms with van der Waals surface area (Å²) in [6.07, 6.45) is 6.10. The molecule has 0 radical (unpaired) electrons. The highest BCUT2D eigenvalue weighted by Gasteiger charge is 2.24. The summed E-state index contributed by atoms with van der Waals surface area (Å²) in [5.74, 6) is -4.93. The molecular weight excluding hydrogens is 515 g/mol. The number of carbonyl (C=O) groups is 2. The minimum Gasteiger partial charge on any atom is -0.378 e. The van der Waals surface area contributed by atoms with Crippen molar-refractivity contribution in [2.75, 3.05) is 26.3 Å². The minimum atomic E-state index is -1.33. The van der Waals surface area contributed by atoms with Gasteiger partial charge in [-0.25, -0.2) is 18.2 Å². The molecule has 5 heterocycles. The summed E-state index contributed by atoms with van der Waals surface area (Å²) in [6, 6.07) is 5.72. The zero-order chi connectivity index (χ0) is 27.3. The smallest absolute Gasteiger partial charge is 0.275 e. The van der Waals surface area contributed by atoms with Crippen LogP contribution in [0.5, 0.6) is 0 Å². The Hall–Kier alpha value is -4.71. The third-order valence-electron chi connectivity index (χ3n) is 6.68. The normalized spacial score (nSPS) is 13.9. The van der Waals surface area contributed by atoms with Crippen LogP contribution in [-0.4, -0.2) is 61.8 Å². The van der Waals surface area contributed by atoms with E-state index in [0.717, 1.165) is 0 Å². The summed E-state index contributed by atoms with van der Waals surface area (Å²) in [7, 11) is 0. The molecule has 0 aliphatic carbocycles. The van der Waals surface area contributed by atoms with E-state index in [1.807, 2.05) is 0 Å². The molecule has 198 valence electrons. The van der Waals surface area contributed by atoms with Gasteiger partial charge >= 0.3 is 0 Å². The van der Waals surface area contributed by atoms with E-state index in [9.17, 15) is 27.6 Å². The number of pyridine rings is 2. The number of rotatable bonds is 5. The average Bonchev–Trinajstić information content (AvgIpc) is 3.53. The van der Waals surface area contributed by atoms with Crippen molar-refractivity contribution in [3.8, 4) is 0 Å². The van der Waals surface area contributed by atoms with Crippen LogP contribution in [0.25, 0.3) is 16.6 Å². The van der Waals surface area contributed by atoms with Crippen molar-refractivity contribution in [2.45, 2.75) is 6.54 Å². The van der Waals surface area contributed by atoms with Gasteiger partial charge in [0.05, 0.1) is 31.0 Å². The number of halogens is 3. The minimum absolute atomic E-state index is 0.0611. The number of morpholine rings is 1. The van der Waals surface area contributed by atoms with Gasteiger partial charge in [0.1, 0.15) is 28.6 Å². The van der Waals surface area contributed by atoms with Crippen molar-refractivity contribution in [2.24, 2.45) is 0 Å². The summed E-state index contributed by atoms with van der Waals surface area (Å²) >= 11 is 0. The molecule has 1 aliphatic heterocycles. The Kier molecular flexibility index (Phi) is 6.03. The largest absolute Gasteiger partial charge is 0.378 e. The highest BCUT2D eigenvalue weighted by atomic mass is 19.1. The lowest BCUT2D eigenvalue weighted by Gasteiger charge is -2.26. The van der Waals surface area contributed by atoms with Crippen molar-refractivity contribution >= 4 is 28.2 Å². The van der Waals surface area contributed by atoms with Crippen LogP contribution in [0.15, 0.2) is 59.9 Å². The monoisotopic (exact) mass is 535 g/mol. The molecule has 1 amide bonds. The standard InChI is InChI=1S/C27H20F3N5O4/c28-16-10-20(29)23(21(30)11-16)25(36)19-12-31-24-18(19)2-4-35(27(24)38)14-17-13-34-3-1-15(9-22(34)32-17)26(37)33-5-7-39-8-6-33/h1-4,9-13,31H,5-8,14H2. The van der Waals surface area contributed by atoms with Gasteiger partial charge in [-0.15, -0.1) is 0 Å². The van der Waals surface area contributed by atoms with E-state index in [2.05, 4.69) is 9.97 Å². The van der Waals surface area contributed by atoms with Crippen LogP contribution < -0.4 is 5.56 Å². The van der Waals surface area contributed by atoms with Gasteiger partial charge in [-0.1, -0.05) is 0 Å². The van der Waals surface area contributed by atoms with E-state index < -0.39 is 34.4 Å². The first-order valence-electron chi connectivity index (χ1n) is 12.0. The molecule has 1 aromatic carbocycles. The van der Waals surface area contributed by atoms with Crippen molar-refractivity contribution in [3.63, 3.8) is 0 Å². The molecule has 0 bridgehead atoms. The first-order valence-corrected chi connectivity index (χ1v) is 12.0. The van der Waals surface area contributed by atoms with Gasteiger partial charge in [0.15, 0.2) is 0 Å². The average molecular weight is 535 g/mol. The number of amides is 1. The number of aromatic nitrogens is 4. The number of fused-ring (bicyclic) bond motifs is 2. The number of ether oxygens (including phenoxy) is 1. The maximum absolute atomic E-state index is 14.2. The Morgan fingerprint density at radius 2 is 1.77 bits per heavy atom. The van der Waals surface area contributed by atoms with Gasteiger partial charge in [-0.3, -0.25) is 14.4 Å². The molecule has 1 aliphatic rings. The highest BCUT2D eigenvalue weighted by Crippen LogP contribution is 2.23. The predicted octanol–water partition coefficient (Wildman–Crippen LogP) is 3.15. The number of ketones is 1. The van der Waals surface area contributed by atoms with Crippen molar-refractivity contribution in [3.05, 3.63) is 105 Å². The van der Waals surface area contributed by atoms with Crippen LogP contribution in [0.2, 0.25) is 0 Å². The summed E-state index contributed by atoms with van der Waals surface area (Å²) in [5.41, 5.74) is 0.136. The van der Waals surface area contributed by atoms with Gasteiger partial charge in [-0.05, 0) is 18.2 Å². The molecule has 0 unspecified atom stereocenters. The third kappa shape index (κ3) is 4.38. The van der Waals surface area contributed by atoms with Crippen LogP contribution >= 0.6 is 0 Å². The summed E-state index contributed by atoms with van der Waals surface area (Å²) < 4.78 is 50.0. The first-order chi connectivity index (χ1) is 18.8. The Morgan fingerprint density at radius 1 is 1.03 bits per heavy atom. The second kappa shape index (κ2) is 9.55. The molecule has 12 heteroatoms. The van der Waals surface area contributed by atoms with Crippen LogP contribution in [0.4, 0.5) is 13.2 Å². The number of aromatic amines is 1. The fourth-order valence-electron chi connectivity index (χ4n) is 4.73. The molecule has 1 saturated heterocycles. The lowest BCUT2D eigenvalue weighted by molar-refractivity contribution is 0.0303. The van der Waals surface area contributed by atoms with Crippen LogP contribution in [0.1, 0.15) is 32.0 Å².